The largest absolute Gasteiger partial charge is 0.481 e. The van der Waals surface area contributed by atoms with E-state index in [-0.39, 0.29) is 30.2 Å². The number of amides is 2. The van der Waals surface area contributed by atoms with Crippen LogP contribution in [-0.4, -0.2) is 48.2 Å². The summed E-state index contributed by atoms with van der Waals surface area (Å²) in [7, 11) is 0. The van der Waals surface area contributed by atoms with Gasteiger partial charge in [0, 0.05) is 12.2 Å². The highest BCUT2D eigenvalue weighted by Gasteiger charge is 2.38. The van der Waals surface area contributed by atoms with E-state index >= 15 is 0 Å². The van der Waals surface area contributed by atoms with E-state index in [1.54, 1.807) is 0 Å². The van der Waals surface area contributed by atoms with Crippen LogP contribution in [-0.2, 0) is 14.3 Å². The number of carbonyl (C=O) groups is 3. The summed E-state index contributed by atoms with van der Waals surface area (Å²) in [6.07, 6.45) is 0.172. The van der Waals surface area contributed by atoms with Gasteiger partial charge in [0.2, 0.25) is 5.91 Å². The molecule has 1 fully saturated rings. The number of rotatable bonds is 6. The van der Waals surface area contributed by atoms with Gasteiger partial charge in [-0.2, -0.15) is 0 Å². The number of aliphatic carboxylic acids is 1. The number of ether oxygens (including phenoxy) is 1. The van der Waals surface area contributed by atoms with E-state index < -0.39 is 23.3 Å². The van der Waals surface area contributed by atoms with Gasteiger partial charge < -0.3 is 20.5 Å². The van der Waals surface area contributed by atoms with Gasteiger partial charge in [0.05, 0.1) is 35.2 Å². The summed E-state index contributed by atoms with van der Waals surface area (Å²) in [6, 6.07) is 4.36. The maximum Gasteiger partial charge on any atom is 0.305 e. The molecule has 1 saturated heterocycles. The Labute approximate surface area is 148 Å². The first kappa shape index (κ1) is 18.5. The zero-order valence-corrected chi connectivity index (χ0v) is 14.1. The number of halogens is 2. The van der Waals surface area contributed by atoms with Gasteiger partial charge in [-0.1, -0.05) is 23.2 Å². The molecule has 0 bridgehead atoms. The molecule has 0 aromatic heterocycles. The monoisotopic (exact) mass is 374 g/mol. The fraction of sp³-hybridized carbons (Fsp3) is 0.400. The summed E-state index contributed by atoms with van der Waals surface area (Å²) in [5.74, 6) is -2.01. The average Bonchev–Trinajstić information content (AvgIpc) is 2.94. The molecule has 1 aliphatic rings. The van der Waals surface area contributed by atoms with Crippen LogP contribution in [0, 0.1) is 0 Å². The first-order chi connectivity index (χ1) is 11.3. The molecule has 2 rings (SSSR count). The number of nitrogens with one attached hydrogen (secondary N) is 2. The van der Waals surface area contributed by atoms with Crippen molar-refractivity contribution in [3.63, 3.8) is 0 Å². The molecule has 130 valence electrons. The maximum absolute atomic E-state index is 12.0. The second-order valence-electron chi connectivity index (χ2n) is 5.51. The number of benzene rings is 1. The molecule has 7 nitrogen and oxygen atoms in total. The predicted octanol–water partition coefficient (Wildman–Crippen LogP) is 1.47. The van der Waals surface area contributed by atoms with Gasteiger partial charge in [-0.05, 0) is 24.6 Å². The summed E-state index contributed by atoms with van der Waals surface area (Å²) >= 11 is 11.6. The summed E-state index contributed by atoms with van der Waals surface area (Å²) in [4.78, 5) is 35.0. The van der Waals surface area contributed by atoms with Crippen LogP contribution < -0.4 is 10.6 Å². The smallest absolute Gasteiger partial charge is 0.305 e. The zero-order chi connectivity index (χ0) is 17.7. The van der Waals surface area contributed by atoms with Crippen LogP contribution >= 0.6 is 23.2 Å². The molecule has 0 aliphatic carbocycles. The van der Waals surface area contributed by atoms with Crippen molar-refractivity contribution in [3.05, 3.63) is 33.8 Å². The Morgan fingerprint density at radius 2 is 2.00 bits per heavy atom. The van der Waals surface area contributed by atoms with Crippen molar-refractivity contribution in [1.82, 2.24) is 10.6 Å². The van der Waals surface area contributed by atoms with Crippen LogP contribution in [0.3, 0.4) is 0 Å². The fourth-order valence-electron chi connectivity index (χ4n) is 2.42. The lowest BCUT2D eigenvalue weighted by molar-refractivity contribution is -0.139. The molecular formula is C15H16Cl2N2O5. The zero-order valence-electron chi connectivity index (χ0n) is 12.6. The molecule has 1 aliphatic heterocycles. The normalized spacial score (nSPS) is 19.8. The van der Waals surface area contributed by atoms with Crippen LogP contribution in [0.2, 0.25) is 10.0 Å². The van der Waals surface area contributed by atoms with Crippen LogP contribution in [0.1, 0.15) is 23.2 Å². The van der Waals surface area contributed by atoms with E-state index in [2.05, 4.69) is 10.6 Å². The summed E-state index contributed by atoms with van der Waals surface area (Å²) in [5, 5.41) is 14.6. The molecule has 1 heterocycles. The van der Waals surface area contributed by atoms with Crippen LogP contribution in [0.5, 0.6) is 0 Å². The molecule has 0 radical (unpaired) electrons. The second kappa shape index (κ2) is 7.83. The van der Waals surface area contributed by atoms with E-state index in [1.165, 1.54) is 18.2 Å². The van der Waals surface area contributed by atoms with E-state index in [4.69, 9.17) is 33.0 Å². The Balaban J connectivity index is 1.91. The van der Waals surface area contributed by atoms with Crippen molar-refractivity contribution in [2.24, 2.45) is 0 Å². The lowest BCUT2D eigenvalue weighted by atomic mass is 9.94. The summed E-state index contributed by atoms with van der Waals surface area (Å²) < 4.78 is 5.19. The number of hydrogen-bond donors (Lipinski definition) is 3. The molecule has 1 unspecified atom stereocenters. The molecule has 24 heavy (non-hydrogen) atoms. The minimum atomic E-state index is -1.03. The maximum atomic E-state index is 12.0. The highest BCUT2D eigenvalue weighted by Crippen LogP contribution is 2.23. The third-order valence-electron chi connectivity index (χ3n) is 3.59. The highest BCUT2D eigenvalue weighted by atomic mass is 35.5. The first-order valence-electron chi connectivity index (χ1n) is 7.15. The average molecular weight is 375 g/mol. The molecule has 1 aromatic carbocycles. The second-order valence-corrected chi connectivity index (χ2v) is 6.33. The number of hydrogen-bond acceptors (Lipinski definition) is 4. The summed E-state index contributed by atoms with van der Waals surface area (Å²) in [6.45, 7) is 0.218. The fourth-order valence-corrected chi connectivity index (χ4v) is 2.72. The predicted molar refractivity (Wildman–Crippen MR) is 87.4 cm³/mol. The van der Waals surface area contributed by atoms with Crippen molar-refractivity contribution in [1.29, 1.82) is 0 Å². The minimum Gasteiger partial charge on any atom is -0.481 e. The van der Waals surface area contributed by atoms with Crippen molar-refractivity contribution in [2.45, 2.75) is 18.4 Å². The van der Waals surface area contributed by atoms with Gasteiger partial charge in [0.25, 0.3) is 5.91 Å². The Hall–Kier alpha value is -1.83. The Morgan fingerprint density at radius 3 is 2.58 bits per heavy atom. The molecular weight excluding hydrogens is 359 g/mol. The summed E-state index contributed by atoms with van der Waals surface area (Å²) in [5.41, 5.74) is -0.668. The quantitative estimate of drug-likeness (QED) is 0.699. The molecule has 2 amide bonds. The molecule has 1 atom stereocenters. The SMILES string of the molecule is O=C(O)CC1(NC(=O)CNC(=O)c2ccc(Cl)c(Cl)c2)CCOC1. The van der Waals surface area contributed by atoms with Crippen molar-refractivity contribution < 1.29 is 24.2 Å². The molecule has 3 N–H and O–H groups in total. The molecule has 1 aromatic rings. The van der Waals surface area contributed by atoms with Crippen LogP contribution in [0.15, 0.2) is 18.2 Å². The lowest BCUT2D eigenvalue weighted by Crippen LogP contribution is -2.53. The van der Waals surface area contributed by atoms with Crippen molar-refractivity contribution in [3.8, 4) is 0 Å². The van der Waals surface area contributed by atoms with E-state index in [0.29, 0.717) is 18.1 Å². The van der Waals surface area contributed by atoms with Gasteiger partial charge in [-0.25, -0.2) is 0 Å². The van der Waals surface area contributed by atoms with Crippen LogP contribution in [0.4, 0.5) is 0 Å². The van der Waals surface area contributed by atoms with Gasteiger partial charge >= 0.3 is 5.97 Å². The van der Waals surface area contributed by atoms with E-state index in [1.807, 2.05) is 0 Å². The van der Waals surface area contributed by atoms with E-state index in [9.17, 15) is 14.4 Å². The third-order valence-corrected chi connectivity index (χ3v) is 4.33. The number of carboxylic acids is 1. The standard InChI is InChI=1S/C15H16Cl2N2O5/c16-10-2-1-9(5-11(10)17)14(23)18-7-12(20)19-15(6-13(21)22)3-4-24-8-15/h1-2,5H,3-4,6-8H2,(H,18,23)(H,19,20)(H,21,22). The molecule has 0 saturated carbocycles. The van der Waals surface area contributed by atoms with Gasteiger partial charge in [0.15, 0.2) is 0 Å². The van der Waals surface area contributed by atoms with E-state index in [0.717, 1.165) is 0 Å². The Bertz CT molecular complexity index is 659. The number of carboxylic acid groups (broad SMARTS) is 1. The Morgan fingerprint density at radius 1 is 1.25 bits per heavy atom. The lowest BCUT2D eigenvalue weighted by Gasteiger charge is -2.27. The number of carbonyl (C=O) groups excluding carboxylic acids is 2. The third kappa shape index (κ3) is 4.83. The van der Waals surface area contributed by atoms with Gasteiger partial charge in [0.1, 0.15) is 0 Å². The highest BCUT2D eigenvalue weighted by molar-refractivity contribution is 6.42. The van der Waals surface area contributed by atoms with Crippen LogP contribution in [0.25, 0.3) is 0 Å². The Kier molecular flexibility index (Phi) is 6.04. The van der Waals surface area contributed by atoms with Gasteiger partial charge in [-0.3, -0.25) is 14.4 Å². The van der Waals surface area contributed by atoms with Crippen molar-refractivity contribution in [2.75, 3.05) is 19.8 Å². The molecule has 9 heteroatoms. The van der Waals surface area contributed by atoms with Crippen molar-refractivity contribution >= 4 is 41.0 Å². The first-order valence-corrected chi connectivity index (χ1v) is 7.91. The van der Waals surface area contributed by atoms with Gasteiger partial charge in [-0.15, -0.1) is 0 Å². The topological polar surface area (TPSA) is 105 Å². The minimum absolute atomic E-state index is 0.131. The molecule has 0 spiro atoms.